The maximum absolute atomic E-state index is 9.07. The van der Waals surface area contributed by atoms with Crippen LogP contribution in [0.1, 0.15) is 36.9 Å². The fourth-order valence-electron chi connectivity index (χ4n) is 2.69. The summed E-state index contributed by atoms with van der Waals surface area (Å²) in [5.41, 5.74) is 7.23. The van der Waals surface area contributed by atoms with Gasteiger partial charge < -0.3 is 15.7 Å². The van der Waals surface area contributed by atoms with Crippen molar-refractivity contribution in [1.29, 1.82) is 5.41 Å². The molecule has 0 amide bonds. The second-order valence-electron chi connectivity index (χ2n) is 5.18. The lowest BCUT2D eigenvalue weighted by Gasteiger charge is -2.39. The molecule has 6 nitrogen and oxygen atoms in total. The van der Waals surface area contributed by atoms with Crippen molar-refractivity contribution in [3.05, 3.63) is 11.3 Å². The number of anilines is 1. The second-order valence-corrected chi connectivity index (χ2v) is 5.18. The van der Waals surface area contributed by atoms with Crippen LogP contribution in [-0.2, 0) is 7.05 Å². The summed E-state index contributed by atoms with van der Waals surface area (Å²) >= 11 is 0. The molecule has 1 aliphatic rings. The number of nitrogens with one attached hydrogen (secondary N) is 1. The van der Waals surface area contributed by atoms with Gasteiger partial charge in [-0.15, -0.1) is 0 Å². The first-order chi connectivity index (χ1) is 9.06. The van der Waals surface area contributed by atoms with Crippen LogP contribution in [0.3, 0.4) is 0 Å². The molecular weight excluding hydrogens is 242 g/mol. The van der Waals surface area contributed by atoms with Crippen molar-refractivity contribution in [3.63, 3.8) is 0 Å². The fraction of sp³-hybridized carbons (Fsp3) is 0.692. The molecule has 0 aromatic carbocycles. The van der Waals surface area contributed by atoms with Crippen LogP contribution in [0.4, 0.5) is 5.82 Å². The van der Waals surface area contributed by atoms with Crippen LogP contribution in [0.15, 0.2) is 0 Å². The Kier molecular flexibility index (Phi) is 4.09. The Bertz CT molecular complexity index is 464. The number of nitrogen functional groups attached to an aromatic ring is 1. The molecule has 106 valence electrons. The monoisotopic (exact) mass is 265 g/mol. The third-order valence-electron chi connectivity index (χ3n) is 3.81. The Morgan fingerprint density at radius 3 is 2.74 bits per heavy atom. The van der Waals surface area contributed by atoms with Crippen molar-refractivity contribution in [3.8, 4) is 0 Å². The summed E-state index contributed by atoms with van der Waals surface area (Å²) in [5.74, 6) is 0.983. The Morgan fingerprint density at radius 2 is 2.26 bits per heavy atom. The van der Waals surface area contributed by atoms with Crippen LogP contribution in [0.2, 0.25) is 0 Å². The smallest absolute Gasteiger partial charge is 0.138 e. The van der Waals surface area contributed by atoms with E-state index in [1.54, 1.807) is 0 Å². The molecule has 0 bridgehead atoms. The summed E-state index contributed by atoms with van der Waals surface area (Å²) in [4.78, 5) is 2.26. The molecule has 6 heteroatoms. The fourth-order valence-corrected chi connectivity index (χ4v) is 2.69. The lowest BCUT2D eigenvalue weighted by atomic mass is 9.91. The summed E-state index contributed by atoms with van der Waals surface area (Å²) in [6.07, 6.45) is 4.28. The first-order valence-electron chi connectivity index (χ1n) is 6.81. The molecule has 0 unspecified atom stereocenters. The van der Waals surface area contributed by atoms with E-state index < -0.39 is 0 Å². The van der Waals surface area contributed by atoms with E-state index in [2.05, 4.69) is 10.00 Å². The van der Waals surface area contributed by atoms with Crippen LogP contribution in [0.5, 0.6) is 0 Å². The van der Waals surface area contributed by atoms with Gasteiger partial charge in [0.1, 0.15) is 11.7 Å². The number of hydrogen-bond donors (Lipinski definition) is 3. The lowest BCUT2D eigenvalue weighted by molar-refractivity contribution is 0.282. The molecular formula is C13H23N5O. The van der Waals surface area contributed by atoms with E-state index in [1.165, 1.54) is 6.42 Å². The molecule has 0 saturated heterocycles. The highest BCUT2D eigenvalue weighted by atomic mass is 16.3. The van der Waals surface area contributed by atoms with Gasteiger partial charge in [0.15, 0.2) is 0 Å². The number of nitrogens with two attached hydrogens (primary N) is 1. The van der Waals surface area contributed by atoms with Gasteiger partial charge in [0, 0.05) is 26.2 Å². The summed E-state index contributed by atoms with van der Waals surface area (Å²) < 4.78 is 1.81. The topological polar surface area (TPSA) is 91.2 Å². The van der Waals surface area contributed by atoms with Crippen molar-refractivity contribution in [1.82, 2.24) is 9.78 Å². The molecule has 1 saturated carbocycles. The van der Waals surface area contributed by atoms with E-state index in [4.69, 9.17) is 16.2 Å². The van der Waals surface area contributed by atoms with Crippen molar-refractivity contribution >= 4 is 11.7 Å². The van der Waals surface area contributed by atoms with Crippen LogP contribution >= 0.6 is 0 Å². The molecule has 1 aromatic rings. The third-order valence-corrected chi connectivity index (χ3v) is 3.81. The van der Waals surface area contributed by atoms with Gasteiger partial charge in [0.05, 0.1) is 11.3 Å². The minimum Gasteiger partial charge on any atom is -0.396 e. The van der Waals surface area contributed by atoms with E-state index in [0.29, 0.717) is 6.04 Å². The summed E-state index contributed by atoms with van der Waals surface area (Å²) in [5, 5.41) is 21.2. The molecule has 1 aliphatic carbocycles. The highest BCUT2D eigenvalue weighted by Crippen LogP contribution is 2.32. The Balaban J connectivity index is 2.37. The average Bonchev–Trinajstić information content (AvgIpc) is 2.56. The highest BCUT2D eigenvalue weighted by molar-refractivity contribution is 6.01. The summed E-state index contributed by atoms with van der Waals surface area (Å²) in [6, 6.07) is 0.486. The zero-order valence-electron chi connectivity index (χ0n) is 11.7. The number of nitrogens with zero attached hydrogens (tertiary/aromatic N) is 3. The molecule has 0 aliphatic heterocycles. The number of aliphatic hydroxyl groups excluding tert-OH is 1. The van der Waals surface area contributed by atoms with Crippen molar-refractivity contribution < 1.29 is 5.11 Å². The number of aryl methyl sites for hydroxylation is 2. The minimum absolute atomic E-state index is 0.0638. The summed E-state index contributed by atoms with van der Waals surface area (Å²) in [6.45, 7) is 2.83. The zero-order chi connectivity index (χ0) is 14.0. The normalized spacial score (nSPS) is 15.3. The van der Waals surface area contributed by atoms with E-state index >= 15 is 0 Å². The zero-order valence-corrected chi connectivity index (χ0v) is 11.7. The molecule has 0 atom stereocenters. The number of aromatic nitrogens is 2. The number of aliphatic hydroxyl groups is 1. The molecule has 19 heavy (non-hydrogen) atoms. The van der Waals surface area contributed by atoms with Gasteiger partial charge >= 0.3 is 0 Å². The van der Waals surface area contributed by atoms with E-state index in [1.807, 2.05) is 18.7 Å². The predicted octanol–water partition coefficient (Wildman–Crippen LogP) is 0.754. The Morgan fingerprint density at radius 1 is 1.58 bits per heavy atom. The van der Waals surface area contributed by atoms with Gasteiger partial charge in [0.2, 0.25) is 0 Å². The highest BCUT2D eigenvalue weighted by Gasteiger charge is 2.30. The van der Waals surface area contributed by atoms with Crippen LogP contribution in [-0.4, -0.2) is 39.9 Å². The standard InChI is InChI=1S/C13H23N5O/c1-9-11(12(14)15)13(17(2)16-9)18(7-4-8-19)10-5-3-6-10/h10,19H,3-8H2,1-2H3,(H3,14,15). The van der Waals surface area contributed by atoms with Gasteiger partial charge in [-0.05, 0) is 32.6 Å². The number of rotatable bonds is 6. The largest absolute Gasteiger partial charge is 0.396 e. The summed E-state index contributed by atoms with van der Waals surface area (Å²) in [7, 11) is 1.89. The lowest BCUT2D eigenvalue weighted by Crippen LogP contribution is -2.43. The van der Waals surface area contributed by atoms with Gasteiger partial charge in [-0.2, -0.15) is 5.10 Å². The molecule has 0 spiro atoms. The van der Waals surface area contributed by atoms with E-state index in [9.17, 15) is 0 Å². The van der Waals surface area contributed by atoms with Crippen molar-refractivity contribution in [2.24, 2.45) is 12.8 Å². The third kappa shape index (κ3) is 2.58. The van der Waals surface area contributed by atoms with Crippen molar-refractivity contribution in [2.75, 3.05) is 18.1 Å². The molecule has 1 heterocycles. The van der Waals surface area contributed by atoms with E-state index in [-0.39, 0.29) is 12.4 Å². The van der Waals surface area contributed by atoms with Gasteiger partial charge in [0.25, 0.3) is 0 Å². The molecule has 0 radical (unpaired) electrons. The number of amidine groups is 1. The predicted molar refractivity (Wildman–Crippen MR) is 75.6 cm³/mol. The minimum atomic E-state index is 0.0638. The first-order valence-corrected chi connectivity index (χ1v) is 6.81. The Labute approximate surface area is 113 Å². The van der Waals surface area contributed by atoms with Crippen LogP contribution < -0.4 is 10.6 Å². The maximum Gasteiger partial charge on any atom is 0.138 e. The van der Waals surface area contributed by atoms with Crippen LogP contribution in [0, 0.1) is 12.3 Å². The average molecular weight is 265 g/mol. The first kappa shape index (κ1) is 13.9. The van der Waals surface area contributed by atoms with Crippen LogP contribution in [0.25, 0.3) is 0 Å². The maximum atomic E-state index is 9.07. The second kappa shape index (κ2) is 5.61. The van der Waals surface area contributed by atoms with E-state index in [0.717, 1.165) is 42.9 Å². The number of hydrogen-bond acceptors (Lipinski definition) is 4. The molecule has 1 fully saturated rings. The SMILES string of the molecule is Cc1nn(C)c(N(CCCO)C2CCC2)c1C(=N)N. The Hall–Kier alpha value is -1.56. The molecule has 2 rings (SSSR count). The van der Waals surface area contributed by atoms with Gasteiger partial charge in [-0.3, -0.25) is 10.1 Å². The van der Waals surface area contributed by atoms with Gasteiger partial charge in [-0.25, -0.2) is 0 Å². The molecule has 1 aromatic heterocycles. The quantitative estimate of drug-likeness (QED) is 0.523. The molecule has 4 N–H and O–H groups in total. The van der Waals surface area contributed by atoms with Gasteiger partial charge in [-0.1, -0.05) is 0 Å². The van der Waals surface area contributed by atoms with Crippen molar-refractivity contribution in [2.45, 2.75) is 38.6 Å².